The number of rotatable bonds is 3. The largest absolute Gasteiger partial charge is 0.307 e. The molecule has 0 aliphatic heterocycles. The van der Waals surface area contributed by atoms with Gasteiger partial charge in [-0.05, 0) is 48.1 Å². The molecule has 1 aliphatic rings. The van der Waals surface area contributed by atoms with E-state index in [1.807, 2.05) is 0 Å². The second kappa shape index (κ2) is 6.12. The van der Waals surface area contributed by atoms with Crippen LogP contribution in [0.3, 0.4) is 0 Å². The van der Waals surface area contributed by atoms with Gasteiger partial charge in [-0.15, -0.1) is 0 Å². The van der Waals surface area contributed by atoms with Crippen molar-refractivity contribution < 1.29 is 0 Å². The van der Waals surface area contributed by atoms with Crippen LogP contribution in [0.2, 0.25) is 0 Å². The van der Waals surface area contributed by atoms with Crippen LogP contribution in [0.4, 0.5) is 0 Å². The zero-order chi connectivity index (χ0) is 15.7. The highest BCUT2D eigenvalue weighted by Crippen LogP contribution is 2.36. The minimum atomic E-state index is 0.239. The summed E-state index contributed by atoms with van der Waals surface area (Å²) in [5, 5.41) is 3.85. The molecule has 1 aliphatic carbocycles. The molecule has 0 saturated heterocycles. The van der Waals surface area contributed by atoms with Gasteiger partial charge in [-0.25, -0.2) is 0 Å². The van der Waals surface area contributed by atoms with E-state index in [-0.39, 0.29) is 5.41 Å². The second-order valence-corrected chi connectivity index (χ2v) is 8.72. The lowest BCUT2D eigenvalue weighted by Gasteiger charge is -2.37. The Morgan fingerprint density at radius 2 is 1.76 bits per heavy atom. The Balaban J connectivity index is 1.98. The van der Waals surface area contributed by atoms with Crippen LogP contribution in [0.15, 0.2) is 24.3 Å². The topological polar surface area (TPSA) is 12.0 Å². The highest BCUT2D eigenvalue weighted by molar-refractivity contribution is 5.29. The highest BCUT2D eigenvalue weighted by Gasteiger charge is 2.28. The third-order valence-corrected chi connectivity index (χ3v) is 4.97. The summed E-state index contributed by atoms with van der Waals surface area (Å²) in [6.45, 7) is 13.9. The second-order valence-electron chi connectivity index (χ2n) is 8.72. The van der Waals surface area contributed by atoms with Gasteiger partial charge in [0.25, 0.3) is 0 Å². The molecule has 1 aromatic rings. The summed E-state index contributed by atoms with van der Waals surface area (Å²) in [6.07, 6.45) is 5.37. The molecule has 2 atom stereocenters. The van der Waals surface area contributed by atoms with Crippen molar-refractivity contribution in [3.8, 4) is 0 Å². The fourth-order valence-electron chi connectivity index (χ4n) is 3.56. The van der Waals surface area contributed by atoms with Gasteiger partial charge in [0.1, 0.15) is 0 Å². The first-order chi connectivity index (χ1) is 9.67. The standard InChI is InChI=1S/C20H33N/c1-15(21-18-8-7-13-20(5,6)14-18)16-9-11-17(12-10-16)19(2,3)4/h9-12,15,18,21H,7-8,13-14H2,1-6H3. The van der Waals surface area contributed by atoms with E-state index in [0.717, 1.165) is 0 Å². The predicted molar refractivity (Wildman–Crippen MR) is 92.7 cm³/mol. The van der Waals surface area contributed by atoms with E-state index in [1.165, 1.54) is 36.8 Å². The molecule has 118 valence electrons. The van der Waals surface area contributed by atoms with Crippen molar-refractivity contribution in [2.75, 3.05) is 0 Å². The van der Waals surface area contributed by atoms with Gasteiger partial charge in [-0.2, -0.15) is 0 Å². The molecular formula is C20H33N. The minimum Gasteiger partial charge on any atom is -0.307 e. The summed E-state index contributed by atoms with van der Waals surface area (Å²) in [7, 11) is 0. The van der Waals surface area contributed by atoms with Gasteiger partial charge < -0.3 is 5.32 Å². The van der Waals surface area contributed by atoms with E-state index in [0.29, 0.717) is 17.5 Å². The number of nitrogens with one attached hydrogen (secondary N) is 1. The van der Waals surface area contributed by atoms with Crippen LogP contribution in [-0.4, -0.2) is 6.04 Å². The third kappa shape index (κ3) is 4.57. The van der Waals surface area contributed by atoms with Crippen LogP contribution in [-0.2, 0) is 5.41 Å². The van der Waals surface area contributed by atoms with Gasteiger partial charge >= 0.3 is 0 Å². The SMILES string of the molecule is CC(NC1CCCC(C)(C)C1)c1ccc(C(C)(C)C)cc1. The minimum absolute atomic E-state index is 0.239. The smallest absolute Gasteiger partial charge is 0.0294 e. The maximum Gasteiger partial charge on any atom is 0.0294 e. The van der Waals surface area contributed by atoms with Gasteiger partial charge in [0.15, 0.2) is 0 Å². The Labute approximate surface area is 131 Å². The summed E-state index contributed by atoms with van der Waals surface area (Å²) in [4.78, 5) is 0. The van der Waals surface area contributed by atoms with Crippen LogP contribution >= 0.6 is 0 Å². The first kappa shape index (κ1) is 16.5. The summed E-state index contributed by atoms with van der Waals surface area (Å²) < 4.78 is 0. The lowest BCUT2D eigenvalue weighted by Crippen LogP contribution is -2.38. The van der Waals surface area contributed by atoms with E-state index in [9.17, 15) is 0 Å². The van der Waals surface area contributed by atoms with Crippen LogP contribution in [0.5, 0.6) is 0 Å². The molecule has 1 nitrogen and oxygen atoms in total. The molecule has 21 heavy (non-hydrogen) atoms. The molecule has 0 radical (unpaired) electrons. The maximum atomic E-state index is 3.85. The summed E-state index contributed by atoms with van der Waals surface area (Å²) in [6, 6.07) is 10.3. The number of hydrogen-bond acceptors (Lipinski definition) is 1. The molecule has 1 heteroatoms. The molecular weight excluding hydrogens is 254 g/mol. The zero-order valence-corrected chi connectivity index (χ0v) is 14.8. The van der Waals surface area contributed by atoms with E-state index in [2.05, 4.69) is 71.1 Å². The van der Waals surface area contributed by atoms with Crippen molar-refractivity contribution >= 4 is 0 Å². The van der Waals surface area contributed by atoms with Gasteiger partial charge in [-0.1, -0.05) is 65.3 Å². The molecule has 1 saturated carbocycles. The molecule has 0 heterocycles. The first-order valence-corrected chi connectivity index (χ1v) is 8.54. The Morgan fingerprint density at radius 3 is 2.29 bits per heavy atom. The average molecular weight is 287 g/mol. The molecule has 0 amide bonds. The zero-order valence-electron chi connectivity index (χ0n) is 14.8. The van der Waals surface area contributed by atoms with Gasteiger partial charge in [0.05, 0.1) is 0 Å². The monoisotopic (exact) mass is 287 g/mol. The summed E-state index contributed by atoms with van der Waals surface area (Å²) >= 11 is 0. The van der Waals surface area contributed by atoms with Crippen molar-refractivity contribution in [1.82, 2.24) is 5.32 Å². The normalized spacial score (nSPS) is 23.8. The van der Waals surface area contributed by atoms with Crippen LogP contribution < -0.4 is 5.32 Å². The first-order valence-electron chi connectivity index (χ1n) is 8.54. The van der Waals surface area contributed by atoms with Crippen molar-refractivity contribution in [1.29, 1.82) is 0 Å². The Morgan fingerprint density at radius 1 is 1.14 bits per heavy atom. The molecule has 1 aromatic carbocycles. The molecule has 0 bridgehead atoms. The lowest BCUT2D eigenvalue weighted by molar-refractivity contribution is 0.191. The van der Waals surface area contributed by atoms with E-state index in [4.69, 9.17) is 0 Å². The van der Waals surface area contributed by atoms with Crippen molar-refractivity contribution in [2.24, 2.45) is 5.41 Å². The van der Waals surface area contributed by atoms with Crippen LogP contribution in [0.25, 0.3) is 0 Å². The van der Waals surface area contributed by atoms with Gasteiger partial charge in [0, 0.05) is 12.1 Å². The molecule has 1 N–H and O–H groups in total. The van der Waals surface area contributed by atoms with Crippen molar-refractivity contribution in [3.05, 3.63) is 35.4 Å². The van der Waals surface area contributed by atoms with Gasteiger partial charge in [0.2, 0.25) is 0 Å². The molecule has 1 fully saturated rings. The van der Waals surface area contributed by atoms with Crippen LogP contribution in [0.1, 0.15) is 84.4 Å². The van der Waals surface area contributed by atoms with Crippen molar-refractivity contribution in [2.45, 2.75) is 84.7 Å². The Kier molecular flexibility index (Phi) is 4.82. The van der Waals surface area contributed by atoms with Gasteiger partial charge in [-0.3, -0.25) is 0 Å². The summed E-state index contributed by atoms with van der Waals surface area (Å²) in [5.74, 6) is 0. The van der Waals surface area contributed by atoms with E-state index < -0.39 is 0 Å². The fourth-order valence-corrected chi connectivity index (χ4v) is 3.56. The van der Waals surface area contributed by atoms with Crippen LogP contribution in [0, 0.1) is 5.41 Å². The number of hydrogen-bond donors (Lipinski definition) is 1. The third-order valence-electron chi connectivity index (χ3n) is 4.97. The average Bonchev–Trinajstić information content (AvgIpc) is 2.36. The van der Waals surface area contributed by atoms with E-state index in [1.54, 1.807) is 0 Å². The molecule has 0 aromatic heterocycles. The molecule has 2 unspecified atom stereocenters. The Hall–Kier alpha value is -0.820. The van der Waals surface area contributed by atoms with Crippen molar-refractivity contribution in [3.63, 3.8) is 0 Å². The number of benzene rings is 1. The Bertz CT molecular complexity index is 450. The predicted octanol–water partition coefficient (Wildman–Crippen LogP) is 5.60. The lowest BCUT2D eigenvalue weighted by atomic mass is 9.75. The highest BCUT2D eigenvalue weighted by atomic mass is 14.9. The maximum absolute atomic E-state index is 3.85. The quantitative estimate of drug-likeness (QED) is 0.762. The van der Waals surface area contributed by atoms with E-state index >= 15 is 0 Å². The molecule has 0 spiro atoms. The fraction of sp³-hybridized carbons (Fsp3) is 0.700. The summed E-state index contributed by atoms with van der Waals surface area (Å²) in [5.41, 5.74) is 3.57. The molecule has 2 rings (SSSR count).